The topological polar surface area (TPSA) is 84.1 Å². The van der Waals surface area contributed by atoms with Gasteiger partial charge in [0.2, 0.25) is 0 Å². The van der Waals surface area contributed by atoms with Crippen molar-refractivity contribution in [2.45, 2.75) is 13.5 Å². The summed E-state index contributed by atoms with van der Waals surface area (Å²) in [5.74, 6) is -1.30. The van der Waals surface area contributed by atoms with Crippen molar-refractivity contribution in [1.82, 2.24) is 9.13 Å². The SMILES string of the molecule is Cc1cc(=O)n(C)c(=O)n1Cc1ccccc1C(=O)[O-]. The normalized spacial score (nSPS) is 10.5. The number of carbonyl (C=O) groups is 1. The molecule has 0 N–H and O–H groups in total. The van der Waals surface area contributed by atoms with Crippen molar-refractivity contribution in [3.8, 4) is 0 Å². The highest BCUT2D eigenvalue weighted by Gasteiger charge is 2.09. The molecule has 0 aliphatic heterocycles. The number of aryl methyl sites for hydroxylation is 1. The van der Waals surface area contributed by atoms with Crippen molar-refractivity contribution in [3.63, 3.8) is 0 Å². The molecule has 6 heteroatoms. The fourth-order valence-corrected chi connectivity index (χ4v) is 2.00. The highest BCUT2D eigenvalue weighted by Crippen LogP contribution is 2.09. The van der Waals surface area contributed by atoms with E-state index in [1.807, 2.05) is 0 Å². The third-order valence-electron chi connectivity index (χ3n) is 3.17. The average molecular weight is 273 g/mol. The average Bonchev–Trinajstić information content (AvgIpc) is 2.41. The Labute approximate surface area is 114 Å². The molecule has 104 valence electrons. The Hall–Kier alpha value is -2.63. The number of rotatable bonds is 3. The van der Waals surface area contributed by atoms with Gasteiger partial charge in [-0.15, -0.1) is 0 Å². The predicted octanol–water partition coefficient (Wildman–Crippen LogP) is -0.733. The molecular formula is C14H13N2O4-. The summed E-state index contributed by atoms with van der Waals surface area (Å²) in [5.41, 5.74) is 0.0929. The molecule has 0 saturated heterocycles. The van der Waals surface area contributed by atoms with Gasteiger partial charge in [-0.25, -0.2) is 4.79 Å². The number of carbonyl (C=O) groups excluding carboxylic acids is 1. The van der Waals surface area contributed by atoms with E-state index in [1.54, 1.807) is 25.1 Å². The van der Waals surface area contributed by atoms with Crippen LogP contribution in [-0.4, -0.2) is 15.1 Å². The number of aromatic nitrogens is 2. The minimum Gasteiger partial charge on any atom is -0.545 e. The number of aromatic carboxylic acids is 1. The number of benzene rings is 1. The summed E-state index contributed by atoms with van der Waals surface area (Å²) in [7, 11) is 1.38. The fraction of sp³-hybridized carbons (Fsp3) is 0.214. The fourth-order valence-electron chi connectivity index (χ4n) is 2.00. The van der Waals surface area contributed by atoms with Crippen LogP contribution in [0.5, 0.6) is 0 Å². The maximum absolute atomic E-state index is 12.1. The summed E-state index contributed by atoms with van der Waals surface area (Å²) in [4.78, 5) is 34.6. The summed E-state index contributed by atoms with van der Waals surface area (Å²) in [5, 5.41) is 11.0. The van der Waals surface area contributed by atoms with E-state index in [0.717, 1.165) is 4.57 Å². The largest absolute Gasteiger partial charge is 0.545 e. The molecule has 0 saturated carbocycles. The van der Waals surface area contributed by atoms with Gasteiger partial charge in [-0.3, -0.25) is 13.9 Å². The van der Waals surface area contributed by atoms with Gasteiger partial charge in [-0.05, 0) is 12.5 Å². The summed E-state index contributed by atoms with van der Waals surface area (Å²) in [6, 6.07) is 7.65. The molecular weight excluding hydrogens is 260 g/mol. The number of carboxylic acids is 1. The molecule has 0 bridgehead atoms. The summed E-state index contributed by atoms with van der Waals surface area (Å²) in [6.45, 7) is 1.70. The van der Waals surface area contributed by atoms with Crippen LogP contribution in [-0.2, 0) is 13.6 Å². The number of hydrogen-bond acceptors (Lipinski definition) is 4. The minimum absolute atomic E-state index is 0.0349. The zero-order valence-corrected chi connectivity index (χ0v) is 11.1. The standard InChI is InChI=1S/C14H14N2O4/c1-9-7-12(17)15(2)14(20)16(9)8-10-5-3-4-6-11(10)13(18)19/h3-7H,8H2,1-2H3,(H,18,19)/p-1. The first-order valence-corrected chi connectivity index (χ1v) is 5.98. The third-order valence-corrected chi connectivity index (χ3v) is 3.17. The van der Waals surface area contributed by atoms with Crippen LogP contribution in [0.25, 0.3) is 0 Å². The molecule has 0 amide bonds. The second-order valence-electron chi connectivity index (χ2n) is 4.50. The summed E-state index contributed by atoms with van der Waals surface area (Å²) < 4.78 is 2.33. The van der Waals surface area contributed by atoms with Gasteiger partial charge in [-0.2, -0.15) is 0 Å². The summed E-state index contributed by atoms with van der Waals surface area (Å²) in [6.07, 6.45) is 0. The Morgan fingerprint density at radius 3 is 2.55 bits per heavy atom. The molecule has 0 atom stereocenters. The van der Waals surface area contributed by atoms with Crippen molar-refractivity contribution in [2.24, 2.45) is 7.05 Å². The highest BCUT2D eigenvalue weighted by atomic mass is 16.4. The van der Waals surface area contributed by atoms with Crippen LogP contribution in [0.2, 0.25) is 0 Å². The monoisotopic (exact) mass is 273 g/mol. The molecule has 1 heterocycles. The molecule has 6 nitrogen and oxygen atoms in total. The van der Waals surface area contributed by atoms with Gasteiger partial charge in [-0.1, -0.05) is 24.3 Å². The molecule has 0 aliphatic carbocycles. The Bertz CT molecular complexity index is 786. The Balaban J connectivity index is 2.57. The quantitative estimate of drug-likeness (QED) is 0.738. The van der Waals surface area contributed by atoms with Crippen LogP contribution in [0.3, 0.4) is 0 Å². The number of carboxylic acid groups (broad SMARTS) is 1. The maximum Gasteiger partial charge on any atom is 0.331 e. The van der Waals surface area contributed by atoms with Gasteiger partial charge in [0.15, 0.2) is 0 Å². The second-order valence-corrected chi connectivity index (χ2v) is 4.50. The van der Waals surface area contributed by atoms with Crippen molar-refractivity contribution in [1.29, 1.82) is 0 Å². The lowest BCUT2D eigenvalue weighted by Gasteiger charge is -2.14. The van der Waals surface area contributed by atoms with E-state index >= 15 is 0 Å². The van der Waals surface area contributed by atoms with E-state index in [9.17, 15) is 19.5 Å². The highest BCUT2D eigenvalue weighted by molar-refractivity contribution is 5.87. The van der Waals surface area contributed by atoms with Crippen molar-refractivity contribution in [2.75, 3.05) is 0 Å². The van der Waals surface area contributed by atoms with Crippen molar-refractivity contribution < 1.29 is 9.90 Å². The first-order chi connectivity index (χ1) is 9.41. The third kappa shape index (κ3) is 2.40. The number of hydrogen-bond donors (Lipinski definition) is 0. The zero-order chi connectivity index (χ0) is 14.9. The Kier molecular flexibility index (Phi) is 3.56. The Morgan fingerprint density at radius 2 is 1.90 bits per heavy atom. The number of nitrogens with zero attached hydrogens (tertiary/aromatic N) is 2. The first kappa shape index (κ1) is 13.8. The smallest absolute Gasteiger partial charge is 0.331 e. The van der Waals surface area contributed by atoms with Crippen LogP contribution in [0.4, 0.5) is 0 Å². The van der Waals surface area contributed by atoms with E-state index in [4.69, 9.17) is 0 Å². The molecule has 0 spiro atoms. The molecule has 2 aromatic rings. The molecule has 0 aliphatic rings. The van der Waals surface area contributed by atoms with Crippen LogP contribution in [0.1, 0.15) is 21.6 Å². The van der Waals surface area contributed by atoms with Crippen LogP contribution < -0.4 is 16.4 Å². The van der Waals surface area contributed by atoms with Crippen molar-refractivity contribution in [3.05, 3.63) is 68.0 Å². The molecule has 2 rings (SSSR count). The molecule has 0 fully saturated rings. The summed E-state index contributed by atoms with van der Waals surface area (Å²) >= 11 is 0. The first-order valence-electron chi connectivity index (χ1n) is 5.98. The van der Waals surface area contributed by atoms with E-state index in [2.05, 4.69) is 0 Å². The van der Waals surface area contributed by atoms with E-state index in [1.165, 1.54) is 23.7 Å². The predicted molar refractivity (Wildman–Crippen MR) is 70.6 cm³/mol. The van der Waals surface area contributed by atoms with Crippen LogP contribution in [0, 0.1) is 6.92 Å². The van der Waals surface area contributed by atoms with E-state index in [0.29, 0.717) is 11.3 Å². The second kappa shape index (κ2) is 5.16. The molecule has 0 radical (unpaired) electrons. The van der Waals surface area contributed by atoms with Crippen LogP contribution >= 0.6 is 0 Å². The van der Waals surface area contributed by atoms with Gasteiger partial charge in [0.05, 0.1) is 12.5 Å². The van der Waals surface area contributed by atoms with Gasteiger partial charge in [0.25, 0.3) is 5.56 Å². The molecule has 1 aromatic heterocycles. The lowest BCUT2D eigenvalue weighted by atomic mass is 10.1. The van der Waals surface area contributed by atoms with Crippen molar-refractivity contribution >= 4 is 5.97 Å². The lowest BCUT2D eigenvalue weighted by molar-refractivity contribution is -0.255. The van der Waals surface area contributed by atoms with E-state index in [-0.39, 0.29) is 12.1 Å². The Morgan fingerprint density at radius 1 is 1.25 bits per heavy atom. The molecule has 20 heavy (non-hydrogen) atoms. The minimum atomic E-state index is -1.30. The lowest BCUT2D eigenvalue weighted by Crippen LogP contribution is -2.39. The molecule has 1 aromatic carbocycles. The zero-order valence-electron chi connectivity index (χ0n) is 11.1. The molecule has 0 unspecified atom stereocenters. The van der Waals surface area contributed by atoms with Gasteiger partial charge >= 0.3 is 5.69 Å². The van der Waals surface area contributed by atoms with E-state index < -0.39 is 17.2 Å². The maximum atomic E-state index is 12.1. The van der Waals surface area contributed by atoms with Gasteiger partial charge in [0, 0.05) is 24.4 Å². The van der Waals surface area contributed by atoms with Crippen LogP contribution in [0.15, 0.2) is 39.9 Å². The van der Waals surface area contributed by atoms with Gasteiger partial charge in [0.1, 0.15) is 0 Å². The van der Waals surface area contributed by atoms with Gasteiger partial charge < -0.3 is 9.90 Å².